The minimum Gasteiger partial charge on any atom is -0.396 e. The number of nitrogens with zero attached hydrogens (tertiary/aromatic N) is 2. The van der Waals surface area contributed by atoms with Gasteiger partial charge in [0, 0.05) is 24.9 Å². The third-order valence-corrected chi connectivity index (χ3v) is 2.12. The number of nitrogens with two attached hydrogens (primary N) is 1. The fourth-order valence-electron chi connectivity index (χ4n) is 1.35. The Morgan fingerprint density at radius 2 is 2.12 bits per heavy atom. The maximum Gasteiger partial charge on any atom is 0.239 e. The van der Waals surface area contributed by atoms with Crippen molar-refractivity contribution in [3.05, 3.63) is 11.8 Å². The summed E-state index contributed by atoms with van der Waals surface area (Å²) < 4.78 is 0. The zero-order valence-electron chi connectivity index (χ0n) is 9.53. The van der Waals surface area contributed by atoms with Crippen molar-refractivity contribution in [2.45, 2.75) is 26.2 Å². The summed E-state index contributed by atoms with van der Waals surface area (Å²) in [7, 11) is 0. The monoisotopic (exact) mass is 225 g/mol. The summed E-state index contributed by atoms with van der Waals surface area (Å²) in [5, 5.41) is 11.8. The minimum absolute atomic E-state index is 0.258. The summed E-state index contributed by atoms with van der Waals surface area (Å²) in [6, 6.07) is 1.87. The first-order valence-corrected chi connectivity index (χ1v) is 5.43. The predicted molar refractivity (Wildman–Crippen MR) is 64.0 cm³/mol. The molecule has 0 amide bonds. The highest BCUT2D eigenvalue weighted by Gasteiger charge is 1.99. The maximum atomic E-state index is 8.62. The highest BCUT2D eigenvalue weighted by atomic mass is 16.2. The van der Waals surface area contributed by atoms with Gasteiger partial charge in [-0.2, -0.15) is 4.98 Å². The van der Waals surface area contributed by atoms with E-state index < -0.39 is 0 Å². The van der Waals surface area contributed by atoms with Crippen molar-refractivity contribution in [1.29, 1.82) is 0 Å². The van der Waals surface area contributed by atoms with Gasteiger partial charge in [-0.15, -0.1) is 0 Å². The van der Waals surface area contributed by atoms with Gasteiger partial charge in [0.15, 0.2) is 0 Å². The second-order valence-electron chi connectivity index (χ2n) is 3.57. The number of unbranched alkanes of at least 4 members (excludes halogenated alkanes) is 2. The number of aryl methyl sites for hydroxylation is 1. The third-order valence-electron chi connectivity index (χ3n) is 2.12. The van der Waals surface area contributed by atoms with Gasteiger partial charge in [-0.3, -0.25) is 5.43 Å². The van der Waals surface area contributed by atoms with Crippen molar-refractivity contribution in [3.63, 3.8) is 0 Å². The quantitative estimate of drug-likeness (QED) is 0.309. The molecule has 0 bridgehead atoms. The maximum absolute atomic E-state index is 8.62. The van der Waals surface area contributed by atoms with E-state index in [1.54, 1.807) is 0 Å². The second-order valence-corrected chi connectivity index (χ2v) is 3.57. The van der Waals surface area contributed by atoms with Crippen molar-refractivity contribution in [2.24, 2.45) is 5.84 Å². The van der Waals surface area contributed by atoms with E-state index in [1.165, 1.54) is 0 Å². The number of nitrogen functional groups attached to an aromatic ring is 1. The Hall–Kier alpha value is -1.40. The molecule has 0 saturated carbocycles. The topological polar surface area (TPSA) is 96.1 Å². The molecule has 0 aliphatic heterocycles. The SMILES string of the molecule is Cc1cc(NCCCCCO)nc(NN)n1. The van der Waals surface area contributed by atoms with Crippen LogP contribution in [0.1, 0.15) is 25.0 Å². The van der Waals surface area contributed by atoms with Gasteiger partial charge in [-0.1, -0.05) is 0 Å². The van der Waals surface area contributed by atoms with Gasteiger partial charge in [0.2, 0.25) is 5.95 Å². The fraction of sp³-hybridized carbons (Fsp3) is 0.600. The predicted octanol–water partition coefficient (Wildman–Crippen LogP) is 0.645. The van der Waals surface area contributed by atoms with Crippen LogP contribution in [0.4, 0.5) is 11.8 Å². The Morgan fingerprint density at radius 3 is 2.81 bits per heavy atom. The first-order valence-electron chi connectivity index (χ1n) is 5.43. The normalized spacial score (nSPS) is 10.2. The van der Waals surface area contributed by atoms with E-state index in [4.69, 9.17) is 10.9 Å². The molecule has 0 aromatic carbocycles. The minimum atomic E-state index is 0.258. The zero-order chi connectivity index (χ0) is 11.8. The van der Waals surface area contributed by atoms with Gasteiger partial charge in [-0.05, 0) is 26.2 Å². The molecule has 1 rings (SSSR count). The molecule has 5 N–H and O–H groups in total. The van der Waals surface area contributed by atoms with Crippen LogP contribution >= 0.6 is 0 Å². The van der Waals surface area contributed by atoms with E-state index in [2.05, 4.69) is 20.7 Å². The number of hydrogen-bond donors (Lipinski definition) is 4. The molecule has 0 unspecified atom stereocenters. The van der Waals surface area contributed by atoms with Gasteiger partial charge in [-0.25, -0.2) is 10.8 Å². The van der Waals surface area contributed by atoms with Crippen molar-refractivity contribution in [3.8, 4) is 0 Å². The molecule has 0 fully saturated rings. The van der Waals surface area contributed by atoms with Crippen LogP contribution in [-0.2, 0) is 0 Å². The van der Waals surface area contributed by atoms with Crippen LogP contribution in [0.5, 0.6) is 0 Å². The number of anilines is 2. The lowest BCUT2D eigenvalue weighted by Gasteiger charge is -2.07. The summed E-state index contributed by atoms with van der Waals surface area (Å²) in [6.45, 7) is 2.98. The van der Waals surface area contributed by atoms with Crippen LogP contribution < -0.4 is 16.6 Å². The number of rotatable bonds is 7. The van der Waals surface area contributed by atoms with Crippen molar-refractivity contribution < 1.29 is 5.11 Å². The average Bonchev–Trinajstić information content (AvgIpc) is 2.28. The van der Waals surface area contributed by atoms with Crippen molar-refractivity contribution >= 4 is 11.8 Å². The molecule has 0 aliphatic rings. The Labute approximate surface area is 95.3 Å². The largest absolute Gasteiger partial charge is 0.396 e. The summed E-state index contributed by atoms with van der Waals surface area (Å²) in [6.07, 6.45) is 2.87. The molecule has 1 aromatic heterocycles. The standard InChI is InChI=1S/C10H19N5O/c1-8-7-9(14-10(13-8)15-11)12-5-3-2-4-6-16/h7,16H,2-6,11H2,1H3,(H2,12,13,14,15). The number of hydrogen-bond acceptors (Lipinski definition) is 6. The molecule has 0 spiro atoms. The third kappa shape index (κ3) is 4.41. The molecule has 0 radical (unpaired) electrons. The zero-order valence-corrected chi connectivity index (χ0v) is 9.53. The van der Waals surface area contributed by atoms with Crippen LogP contribution in [0.25, 0.3) is 0 Å². The first kappa shape index (κ1) is 12.7. The van der Waals surface area contributed by atoms with E-state index in [-0.39, 0.29) is 6.61 Å². The van der Waals surface area contributed by atoms with Gasteiger partial charge in [0.05, 0.1) is 0 Å². The molecule has 0 aliphatic carbocycles. The molecule has 0 saturated heterocycles. The van der Waals surface area contributed by atoms with Crippen molar-refractivity contribution in [1.82, 2.24) is 9.97 Å². The van der Waals surface area contributed by atoms with E-state index >= 15 is 0 Å². The molecule has 1 aromatic rings. The molecule has 6 heteroatoms. The lowest BCUT2D eigenvalue weighted by molar-refractivity contribution is 0.283. The second kappa shape index (κ2) is 6.97. The summed E-state index contributed by atoms with van der Waals surface area (Å²) in [4.78, 5) is 8.25. The van der Waals surface area contributed by atoms with Crippen LogP contribution in [0.3, 0.4) is 0 Å². The van der Waals surface area contributed by atoms with Crippen LogP contribution in [-0.4, -0.2) is 28.2 Å². The Bertz CT molecular complexity index is 318. The molecule has 1 heterocycles. The smallest absolute Gasteiger partial charge is 0.239 e. The van der Waals surface area contributed by atoms with E-state index in [1.807, 2.05) is 13.0 Å². The molecule has 90 valence electrons. The molecular weight excluding hydrogens is 206 g/mol. The van der Waals surface area contributed by atoms with Gasteiger partial charge >= 0.3 is 0 Å². The molecule has 0 atom stereocenters. The van der Waals surface area contributed by atoms with Gasteiger partial charge < -0.3 is 10.4 Å². The van der Waals surface area contributed by atoms with Gasteiger partial charge in [0.25, 0.3) is 0 Å². The van der Waals surface area contributed by atoms with Crippen LogP contribution in [0.15, 0.2) is 6.07 Å². The highest BCUT2D eigenvalue weighted by molar-refractivity contribution is 5.41. The van der Waals surface area contributed by atoms with Crippen LogP contribution in [0.2, 0.25) is 0 Å². The van der Waals surface area contributed by atoms with Gasteiger partial charge in [0.1, 0.15) is 5.82 Å². The average molecular weight is 225 g/mol. The lowest BCUT2D eigenvalue weighted by atomic mass is 10.2. The Balaban J connectivity index is 2.38. The van der Waals surface area contributed by atoms with Crippen LogP contribution in [0, 0.1) is 6.92 Å². The Morgan fingerprint density at radius 1 is 1.31 bits per heavy atom. The molecule has 6 nitrogen and oxygen atoms in total. The number of aromatic nitrogens is 2. The van der Waals surface area contributed by atoms with E-state index in [9.17, 15) is 0 Å². The van der Waals surface area contributed by atoms with E-state index in [0.717, 1.165) is 37.3 Å². The molecular formula is C10H19N5O. The fourth-order valence-corrected chi connectivity index (χ4v) is 1.35. The van der Waals surface area contributed by atoms with Crippen molar-refractivity contribution in [2.75, 3.05) is 23.9 Å². The number of hydrazine groups is 1. The number of nitrogens with one attached hydrogen (secondary N) is 2. The highest BCUT2D eigenvalue weighted by Crippen LogP contribution is 2.08. The first-order chi connectivity index (χ1) is 7.76. The summed E-state index contributed by atoms with van der Waals surface area (Å²) in [5.74, 6) is 6.43. The number of aliphatic hydroxyl groups is 1. The van der Waals surface area contributed by atoms with E-state index in [0.29, 0.717) is 5.95 Å². The summed E-state index contributed by atoms with van der Waals surface area (Å²) >= 11 is 0. The molecule has 16 heavy (non-hydrogen) atoms. The number of aliphatic hydroxyl groups excluding tert-OH is 1. The lowest BCUT2D eigenvalue weighted by Crippen LogP contribution is -2.13. The Kier molecular flexibility index (Phi) is 5.52. The summed E-state index contributed by atoms with van der Waals surface area (Å²) in [5.41, 5.74) is 3.29.